The van der Waals surface area contributed by atoms with Crippen LogP contribution in [0, 0.1) is 11.3 Å². The molecule has 150 valence electrons. The zero-order valence-corrected chi connectivity index (χ0v) is 15.5. The Labute approximate surface area is 160 Å². The fourth-order valence-electron chi connectivity index (χ4n) is 1.66. The van der Waals surface area contributed by atoms with Crippen LogP contribution in [0.15, 0.2) is 45.9 Å². The number of pyridine rings is 1. The average molecular weight is 390 g/mol. The van der Waals surface area contributed by atoms with Gasteiger partial charge >= 0.3 is 17.7 Å². The first-order chi connectivity index (χ1) is 13.2. The first-order valence-corrected chi connectivity index (χ1v) is 8.12. The maximum absolute atomic E-state index is 11.1. The molecule has 10 heteroatoms. The molecule has 0 amide bonds. The number of nitrogens with two attached hydrogens (primary N) is 1. The van der Waals surface area contributed by atoms with E-state index in [-0.39, 0.29) is 6.04 Å². The highest BCUT2D eigenvalue weighted by molar-refractivity contribution is 5.89. The van der Waals surface area contributed by atoms with E-state index in [0.717, 1.165) is 24.1 Å². The molecule has 2 rings (SSSR count). The predicted molar refractivity (Wildman–Crippen MR) is 100 cm³/mol. The lowest BCUT2D eigenvalue weighted by Crippen LogP contribution is -2.09. The molecule has 0 saturated carbocycles. The van der Waals surface area contributed by atoms with Crippen LogP contribution in [-0.2, 0) is 16.0 Å². The molecular weight excluding hydrogens is 368 g/mol. The average Bonchev–Trinajstić information content (AvgIpc) is 3.02. The number of hydrogen-bond acceptors (Lipinski definition) is 7. The Hall–Kier alpha value is -3.71. The van der Waals surface area contributed by atoms with Gasteiger partial charge < -0.3 is 20.4 Å². The minimum Gasteiger partial charge on any atom is -0.478 e. The summed E-state index contributed by atoms with van der Waals surface area (Å²) in [5.41, 5.74) is 6.67. The number of aliphatic carboxylic acids is 2. The van der Waals surface area contributed by atoms with Crippen LogP contribution < -0.4 is 11.5 Å². The number of carboxylic acids is 2. The highest BCUT2D eigenvalue weighted by Crippen LogP contribution is 2.21. The molecule has 0 aromatic carbocycles. The quantitative estimate of drug-likeness (QED) is 0.550. The molecule has 5 N–H and O–H groups in total. The summed E-state index contributed by atoms with van der Waals surface area (Å²) in [4.78, 5) is 36.9. The zero-order chi connectivity index (χ0) is 21.5. The van der Waals surface area contributed by atoms with Crippen LogP contribution in [0.3, 0.4) is 0 Å². The zero-order valence-electron chi connectivity index (χ0n) is 15.5. The third-order valence-electron chi connectivity index (χ3n) is 2.74. The summed E-state index contributed by atoms with van der Waals surface area (Å²) in [5.74, 6) is -2.28. The van der Waals surface area contributed by atoms with E-state index in [1.165, 1.54) is 0 Å². The van der Waals surface area contributed by atoms with Crippen molar-refractivity contribution >= 4 is 11.9 Å². The van der Waals surface area contributed by atoms with Gasteiger partial charge in [-0.05, 0) is 25.5 Å². The van der Waals surface area contributed by atoms with Gasteiger partial charge in [-0.15, -0.1) is 0 Å². The van der Waals surface area contributed by atoms with Gasteiger partial charge in [0.25, 0.3) is 0 Å². The second-order valence-electron chi connectivity index (χ2n) is 5.24. The lowest BCUT2D eigenvalue weighted by molar-refractivity contribution is -0.134. The first-order valence-electron chi connectivity index (χ1n) is 8.12. The van der Waals surface area contributed by atoms with Gasteiger partial charge in [0.2, 0.25) is 0 Å². The van der Waals surface area contributed by atoms with Crippen LogP contribution in [0.4, 0.5) is 0 Å². The topological polar surface area (TPSA) is 183 Å². The van der Waals surface area contributed by atoms with Crippen molar-refractivity contribution in [3.63, 3.8) is 0 Å². The van der Waals surface area contributed by atoms with E-state index in [1.54, 1.807) is 25.4 Å². The number of aromatic nitrogens is 2. The number of carbonyl (C=O) groups is 2. The van der Waals surface area contributed by atoms with Gasteiger partial charge in [-0.25, -0.2) is 14.4 Å². The maximum Gasteiger partial charge on any atom is 0.417 e. The Morgan fingerprint density at radius 1 is 1.32 bits per heavy atom. The lowest BCUT2D eigenvalue weighted by atomic mass is 10.1. The normalized spacial score (nSPS) is 10.6. The first kappa shape index (κ1) is 24.3. The second kappa shape index (κ2) is 13.5. The highest BCUT2D eigenvalue weighted by atomic mass is 16.4. The van der Waals surface area contributed by atoms with Gasteiger partial charge in [0.1, 0.15) is 0 Å². The summed E-state index contributed by atoms with van der Waals surface area (Å²) in [6.45, 7) is 3.70. The predicted octanol–water partition coefficient (Wildman–Crippen LogP) is 1.55. The standard InChI is InChI=1S/C11H12N2O2.C4H4O4.C3H6N2/c1-2-3-9-10(15-11(14)13-9)8-4-6-12-7-5-8;5-3(6)1-2-4(7)8;1-3(5)2-4/h4-7H,2-3H2,1H3,(H,13,14);1-2H,(H,5,6)(H,7,8);3H,5H2,1H3/b;2-1+;. The van der Waals surface area contributed by atoms with E-state index in [9.17, 15) is 14.4 Å². The highest BCUT2D eigenvalue weighted by Gasteiger charge is 2.10. The molecular formula is C18H22N4O6. The van der Waals surface area contributed by atoms with E-state index in [4.69, 9.17) is 25.6 Å². The molecule has 1 atom stereocenters. The summed E-state index contributed by atoms with van der Waals surface area (Å²) >= 11 is 0. The summed E-state index contributed by atoms with van der Waals surface area (Å²) in [7, 11) is 0. The molecule has 0 spiro atoms. The number of nitriles is 1. The van der Waals surface area contributed by atoms with Crippen molar-refractivity contribution in [3.8, 4) is 17.4 Å². The van der Waals surface area contributed by atoms with Crippen molar-refractivity contribution in [2.45, 2.75) is 32.7 Å². The van der Waals surface area contributed by atoms with Crippen LogP contribution in [0.2, 0.25) is 0 Å². The summed E-state index contributed by atoms with van der Waals surface area (Å²) in [6.07, 6.45) is 6.25. The van der Waals surface area contributed by atoms with Crippen molar-refractivity contribution in [1.82, 2.24) is 9.97 Å². The number of nitrogens with zero attached hydrogens (tertiary/aromatic N) is 2. The Morgan fingerprint density at radius 2 is 1.82 bits per heavy atom. The molecule has 2 aromatic rings. The molecule has 2 aromatic heterocycles. The number of H-pyrrole nitrogens is 1. The van der Waals surface area contributed by atoms with E-state index < -0.39 is 17.7 Å². The minimum atomic E-state index is -1.26. The third kappa shape index (κ3) is 11.0. The van der Waals surface area contributed by atoms with Gasteiger partial charge in [-0.1, -0.05) is 13.3 Å². The van der Waals surface area contributed by atoms with Crippen molar-refractivity contribution in [1.29, 1.82) is 5.26 Å². The smallest absolute Gasteiger partial charge is 0.417 e. The van der Waals surface area contributed by atoms with Gasteiger partial charge in [0.05, 0.1) is 17.8 Å². The Morgan fingerprint density at radius 3 is 2.21 bits per heavy atom. The van der Waals surface area contributed by atoms with Crippen molar-refractivity contribution in [2.75, 3.05) is 0 Å². The molecule has 0 aliphatic carbocycles. The number of carboxylic acid groups (broad SMARTS) is 2. The molecule has 0 saturated heterocycles. The van der Waals surface area contributed by atoms with Crippen LogP contribution in [0.5, 0.6) is 0 Å². The van der Waals surface area contributed by atoms with E-state index in [2.05, 4.69) is 16.9 Å². The van der Waals surface area contributed by atoms with Crippen LogP contribution in [0.25, 0.3) is 11.3 Å². The van der Waals surface area contributed by atoms with Gasteiger partial charge in [0.15, 0.2) is 5.76 Å². The minimum absolute atomic E-state index is 0.310. The summed E-state index contributed by atoms with van der Waals surface area (Å²) in [6, 6.07) is 5.14. The Bertz CT molecular complexity index is 846. The Balaban J connectivity index is 0.000000474. The number of rotatable bonds is 5. The number of hydrogen-bond donors (Lipinski definition) is 4. The van der Waals surface area contributed by atoms with Gasteiger partial charge in [-0.3, -0.25) is 9.97 Å². The van der Waals surface area contributed by atoms with Crippen LogP contribution in [-0.4, -0.2) is 38.2 Å². The molecule has 0 radical (unpaired) electrons. The summed E-state index contributed by atoms with van der Waals surface area (Å²) < 4.78 is 5.11. The molecule has 0 aliphatic rings. The third-order valence-corrected chi connectivity index (χ3v) is 2.74. The molecule has 2 heterocycles. The van der Waals surface area contributed by atoms with Crippen LogP contribution >= 0.6 is 0 Å². The monoisotopic (exact) mass is 390 g/mol. The number of nitrogens with one attached hydrogen (secondary N) is 1. The SMILES string of the molecule is CC(N)C#N.CCCc1[nH]c(=O)oc1-c1ccncc1.O=C(O)/C=C/C(=O)O. The molecule has 1 unspecified atom stereocenters. The summed E-state index contributed by atoms with van der Waals surface area (Å²) in [5, 5.41) is 23.4. The molecule has 0 bridgehead atoms. The van der Waals surface area contributed by atoms with E-state index >= 15 is 0 Å². The van der Waals surface area contributed by atoms with Crippen molar-refractivity contribution in [3.05, 3.63) is 52.9 Å². The van der Waals surface area contributed by atoms with Crippen molar-refractivity contribution in [2.24, 2.45) is 5.73 Å². The maximum atomic E-state index is 11.1. The van der Waals surface area contributed by atoms with Crippen molar-refractivity contribution < 1.29 is 24.2 Å². The number of oxazole rings is 1. The molecule has 10 nitrogen and oxygen atoms in total. The van der Waals surface area contributed by atoms with Crippen LogP contribution in [0.1, 0.15) is 26.0 Å². The molecule has 0 fully saturated rings. The Kier molecular flexibility index (Phi) is 11.7. The lowest BCUT2D eigenvalue weighted by Gasteiger charge is -1.98. The fourth-order valence-corrected chi connectivity index (χ4v) is 1.66. The van der Waals surface area contributed by atoms with E-state index in [0.29, 0.717) is 17.9 Å². The fraction of sp³-hybridized carbons (Fsp3) is 0.278. The van der Waals surface area contributed by atoms with Gasteiger partial charge in [-0.2, -0.15) is 5.26 Å². The molecule has 0 aliphatic heterocycles. The van der Waals surface area contributed by atoms with Gasteiger partial charge in [0, 0.05) is 30.1 Å². The molecule has 28 heavy (non-hydrogen) atoms. The van der Waals surface area contributed by atoms with E-state index in [1.807, 2.05) is 12.1 Å². The number of aromatic amines is 1. The number of aryl methyl sites for hydroxylation is 1. The largest absolute Gasteiger partial charge is 0.478 e. The second-order valence-corrected chi connectivity index (χ2v) is 5.24.